The molecule has 1 aromatic heterocycles. The lowest BCUT2D eigenvalue weighted by atomic mass is 10.0. The molecule has 1 heterocycles. The van der Waals surface area contributed by atoms with Gasteiger partial charge in [-0.3, -0.25) is 0 Å². The van der Waals surface area contributed by atoms with E-state index in [-0.39, 0.29) is 6.04 Å². The van der Waals surface area contributed by atoms with Crippen molar-refractivity contribution in [1.29, 1.82) is 0 Å². The highest BCUT2D eigenvalue weighted by molar-refractivity contribution is 7.12. The van der Waals surface area contributed by atoms with E-state index < -0.39 is 0 Å². The predicted octanol–water partition coefficient (Wildman–Crippen LogP) is 4.42. The van der Waals surface area contributed by atoms with E-state index >= 15 is 0 Å². The van der Waals surface area contributed by atoms with Gasteiger partial charge >= 0.3 is 0 Å². The molecule has 0 radical (unpaired) electrons. The molecule has 1 unspecified atom stereocenters. The number of aryl methyl sites for hydroxylation is 1. The molecule has 19 heavy (non-hydrogen) atoms. The summed E-state index contributed by atoms with van der Waals surface area (Å²) in [5.74, 6) is 0.784. The van der Waals surface area contributed by atoms with Crippen LogP contribution in [0.1, 0.15) is 28.3 Å². The van der Waals surface area contributed by atoms with E-state index in [4.69, 9.17) is 16.3 Å². The van der Waals surface area contributed by atoms with Crippen molar-refractivity contribution in [2.24, 2.45) is 0 Å². The summed E-state index contributed by atoms with van der Waals surface area (Å²) in [4.78, 5) is 2.59. The summed E-state index contributed by atoms with van der Waals surface area (Å²) in [7, 11) is 1.65. The highest BCUT2D eigenvalue weighted by Gasteiger charge is 2.18. The molecule has 0 bridgehead atoms. The molecule has 0 aliphatic carbocycles. The van der Waals surface area contributed by atoms with E-state index in [1.807, 2.05) is 18.2 Å². The van der Waals surface area contributed by atoms with Crippen molar-refractivity contribution in [3.63, 3.8) is 0 Å². The van der Waals surface area contributed by atoms with Crippen molar-refractivity contribution >= 4 is 22.9 Å². The van der Waals surface area contributed by atoms with E-state index in [0.717, 1.165) is 22.9 Å². The largest absolute Gasteiger partial charge is 0.497 e. The van der Waals surface area contributed by atoms with Crippen LogP contribution in [-0.4, -0.2) is 13.7 Å². The van der Waals surface area contributed by atoms with Crippen LogP contribution in [0, 0.1) is 6.92 Å². The standard InChI is InChI=1S/C15H18ClNOS/c1-4-17-15(14-8-5-10(2)19-14)12-7-6-11(18-3)9-13(12)16/h5-9,15,17H,4H2,1-3H3. The summed E-state index contributed by atoms with van der Waals surface area (Å²) >= 11 is 8.18. The summed E-state index contributed by atoms with van der Waals surface area (Å²) in [5, 5.41) is 4.22. The SMILES string of the molecule is CCNC(c1ccc(C)s1)c1ccc(OC)cc1Cl. The first-order chi connectivity index (χ1) is 9.15. The zero-order valence-corrected chi connectivity index (χ0v) is 12.9. The molecule has 0 aliphatic rings. The van der Waals surface area contributed by atoms with Crippen LogP contribution in [0.3, 0.4) is 0 Å². The van der Waals surface area contributed by atoms with Crippen LogP contribution in [-0.2, 0) is 0 Å². The maximum atomic E-state index is 6.38. The van der Waals surface area contributed by atoms with Crippen LogP contribution in [0.2, 0.25) is 5.02 Å². The number of halogens is 1. The number of benzene rings is 1. The highest BCUT2D eigenvalue weighted by atomic mass is 35.5. The smallest absolute Gasteiger partial charge is 0.120 e. The number of hydrogen-bond acceptors (Lipinski definition) is 3. The van der Waals surface area contributed by atoms with Crippen LogP contribution in [0.4, 0.5) is 0 Å². The minimum atomic E-state index is 0.141. The molecule has 2 rings (SSSR count). The van der Waals surface area contributed by atoms with Gasteiger partial charge in [0, 0.05) is 14.8 Å². The monoisotopic (exact) mass is 295 g/mol. The number of rotatable bonds is 5. The fraction of sp³-hybridized carbons (Fsp3) is 0.333. The Labute approximate surface area is 123 Å². The first kappa shape index (κ1) is 14.4. The summed E-state index contributed by atoms with van der Waals surface area (Å²) in [6.07, 6.45) is 0. The Bertz CT molecular complexity index is 553. The van der Waals surface area contributed by atoms with Crippen molar-refractivity contribution in [3.05, 3.63) is 50.7 Å². The van der Waals surface area contributed by atoms with Crippen molar-refractivity contribution in [1.82, 2.24) is 5.32 Å². The summed E-state index contributed by atoms with van der Waals surface area (Å²) in [6, 6.07) is 10.3. The van der Waals surface area contributed by atoms with Crippen LogP contribution >= 0.6 is 22.9 Å². The molecule has 4 heteroatoms. The molecule has 1 N–H and O–H groups in total. The van der Waals surface area contributed by atoms with Gasteiger partial charge in [0.2, 0.25) is 0 Å². The maximum Gasteiger partial charge on any atom is 0.120 e. The van der Waals surface area contributed by atoms with Crippen LogP contribution in [0.5, 0.6) is 5.75 Å². The summed E-state index contributed by atoms with van der Waals surface area (Å²) in [5.41, 5.74) is 1.09. The van der Waals surface area contributed by atoms with Gasteiger partial charge in [-0.1, -0.05) is 24.6 Å². The van der Waals surface area contributed by atoms with Gasteiger partial charge in [0.15, 0.2) is 0 Å². The van der Waals surface area contributed by atoms with Crippen LogP contribution in [0.25, 0.3) is 0 Å². The van der Waals surface area contributed by atoms with Gasteiger partial charge in [-0.05, 0) is 43.3 Å². The lowest BCUT2D eigenvalue weighted by Gasteiger charge is -2.18. The molecular formula is C15H18ClNOS. The summed E-state index contributed by atoms with van der Waals surface area (Å²) < 4.78 is 5.20. The van der Waals surface area contributed by atoms with Gasteiger partial charge in [-0.25, -0.2) is 0 Å². The molecule has 0 aliphatic heterocycles. The van der Waals surface area contributed by atoms with E-state index in [1.165, 1.54) is 9.75 Å². The molecule has 1 atom stereocenters. The Balaban J connectivity index is 2.39. The molecule has 0 amide bonds. The highest BCUT2D eigenvalue weighted by Crippen LogP contribution is 2.34. The Hall–Kier alpha value is -1.03. The number of nitrogens with one attached hydrogen (secondary N) is 1. The predicted molar refractivity (Wildman–Crippen MR) is 82.6 cm³/mol. The Kier molecular flexibility index (Phi) is 4.86. The van der Waals surface area contributed by atoms with Crippen molar-refractivity contribution in [2.75, 3.05) is 13.7 Å². The molecule has 0 spiro atoms. The number of hydrogen-bond donors (Lipinski definition) is 1. The molecule has 2 aromatic rings. The Morgan fingerprint density at radius 1 is 1.32 bits per heavy atom. The van der Waals surface area contributed by atoms with Gasteiger partial charge in [-0.2, -0.15) is 0 Å². The third-order valence-electron chi connectivity index (χ3n) is 2.97. The molecular weight excluding hydrogens is 278 g/mol. The van der Waals surface area contributed by atoms with Gasteiger partial charge in [0.1, 0.15) is 5.75 Å². The Morgan fingerprint density at radius 2 is 2.11 bits per heavy atom. The van der Waals surface area contributed by atoms with Gasteiger partial charge in [0.25, 0.3) is 0 Å². The quantitative estimate of drug-likeness (QED) is 0.882. The molecule has 0 saturated heterocycles. The second kappa shape index (κ2) is 6.42. The van der Waals surface area contributed by atoms with Crippen molar-refractivity contribution < 1.29 is 4.74 Å². The first-order valence-electron chi connectivity index (χ1n) is 6.29. The number of ether oxygens (including phenoxy) is 1. The third-order valence-corrected chi connectivity index (χ3v) is 4.37. The second-order valence-corrected chi connectivity index (χ2v) is 6.05. The maximum absolute atomic E-state index is 6.38. The van der Waals surface area contributed by atoms with Gasteiger partial charge < -0.3 is 10.1 Å². The average Bonchev–Trinajstić information content (AvgIpc) is 2.83. The molecule has 1 aromatic carbocycles. The van der Waals surface area contributed by atoms with Crippen molar-refractivity contribution in [3.8, 4) is 5.75 Å². The van der Waals surface area contributed by atoms with E-state index in [1.54, 1.807) is 18.4 Å². The topological polar surface area (TPSA) is 21.3 Å². The first-order valence-corrected chi connectivity index (χ1v) is 7.48. The lowest BCUT2D eigenvalue weighted by Crippen LogP contribution is -2.21. The molecule has 0 saturated carbocycles. The second-order valence-electron chi connectivity index (χ2n) is 4.33. The molecule has 0 fully saturated rings. The third kappa shape index (κ3) is 3.30. The van der Waals surface area contributed by atoms with Crippen LogP contribution < -0.4 is 10.1 Å². The summed E-state index contributed by atoms with van der Waals surface area (Å²) in [6.45, 7) is 5.11. The number of thiophene rings is 1. The normalized spacial score (nSPS) is 12.4. The average molecular weight is 296 g/mol. The van der Waals surface area contributed by atoms with Crippen molar-refractivity contribution in [2.45, 2.75) is 19.9 Å². The minimum absolute atomic E-state index is 0.141. The number of methoxy groups -OCH3 is 1. The minimum Gasteiger partial charge on any atom is -0.497 e. The zero-order valence-electron chi connectivity index (χ0n) is 11.4. The van der Waals surface area contributed by atoms with Gasteiger partial charge in [0.05, 0.1) is 13.2 Å². The fourth-order valence-corrected chi connectivity index (χ4v) is 3.30. The van der Waals surface area contributed by atoms with Crippen LogP contribution in [0.15, 0.2) is 30.3 Å². The van der Waals surface area contributed by atoms with E-state index in [9.17, 15) is 0 Å². The van der Waals surface area contributed by atoms with E-state index in [0.29, 0.717) is 0 Å². The fourth-order valence-electron chi connectivity index (χ4n) is 2.05. The Morgan fingerprint density at radius 3 is 2.63 bits per heavy atom. The molecule has 2 nitrogen and oxygen atoms in total. The lowest BCUT2D eigenvalue weighted by molar-refractivity contribution is 0.414. The van der Waals surface area contributed by atoms with E-state index in [2.05, 4.69) is 31.3 Å². The molecule has 102 valence electrons. The van der Waals surface area contributed by atoms with Gasteiger partial charge in [-0.15, -0.1) is 11.3 Å². The zero-order chi connectivity index (χ0) is 13.8.